The van der Waals surface area contributed by atoms with Crippen molar-refractivity contribution in [2.75, 3.05) is 17.2 Å². The van der Waals surface area contributed by atoms with Gasteiger partial charge in [-0.25, -0.2) is 0 Å². The van der Waals surface area contributed by atoms with Crippen LogP contribution >= 0.6 is 11.3 Å². The number of nitrogens with two attached hydrogens (primary N) is 1. The minimum absolute atomic E-state index is 0.909. The molecule has 3 rings (SSSR count). The predicted molar refractivity (Wildman–Crippen MR) is 69.9 cm³/mol. The average Bonchev–Trinajstić information content (AvgIpc) is 2.90. The van der Waals surface area contributed by atoms with Gasteiger partial charge in [0, 0.05) is 11.4 Å². The molecule has 2 N–H and O–H groups in total. The van der Waals surface area contributed by atoms with Crippen LogP contribution in [0.25, 0.3) is 0 Å². The first kappa shape index (κ1) is 9.73. The van der Waals surface area contributed by atoms with E-state index in [1.54, 1.807) is 0 Å². The van der Waals surface area contributed by atoms with Gasteiger partial charge in [0.15, 0.2) is 0 Å². The van der Waals surface area contributed by atoms with E-state index < -0.39 is 0 Å². The third-order valence-corrected chi connectivity index (χ3v) is 3.91. The van der Waals surface area contributed by atoms with Gasteiger partial charge in [0.25, 0.3) is 0 Å². The highest BCUT2D eigenvalue weighted by Gasteiger charge is 2.21. The van der Waals surface area contributed by atoms with Crippen LogP contribution in [0.2, 0.25) is 0 Å². The number of nitrogen functional groups attached to an aromatic ring is 1. The van der Waals surface area contributed by atoms with Gasteiger partial charge in [-0.15, -0.1) is 11.3 Å². The Morgan fingerprint density at radius 2 is 2.19 bits per heavy atom. The monoisotopic (exact) mass is 230 g/mol. The standard InChI is InChI=1S/C13H14N2S/c14-12-5-1-3-10-6-7-15(13(10)12)9-11-4-2-8-16-11/h1-5,8H,6-7,9,14H2. The van der Waals surface area contributed by atoms with Gasteiger partial charge < -0.3 is 10.6 Å². The molecule has 82 valence electrons. The lowest BCUT2D eigenvalue weighted by molar-refractivity contribution is 0.847. The molecule has 0 aliphatic carbocycles. The molecule has 2 nitrogen and oxygen atoms in total. The maximum absolute atomic E-state index is 6.05. The number of hydrogen-bond donors (Lipinski definition) is 1. The second kappa shape index (κ2) is 3.83. The van der Waals surface area contributed by atoms with Gasteiger partial charge in [-0.1, -0.05) is 18.2 Å². The molecule has 0 saturated carbocycles. The molecule has 0 radical (unpaired) electrons. The van der Waals surface area contributed by atoms with Gasteiger partial charge in [0.05, 0.1) is 17.9 Å². The van der Waals surface area contributed by atoms with Crippen molar-refractivity contribution in [2.45, 2.75) is 13.0 Å². The maximum Gasteiger partial charge on any atom is 0.0636 e. The Bertz CT molecular complexity index is 491. The normalized spacial score (nSPS) is 14.1. The SMILES string of the molecule is Nc1cccc2c1N(Cc1cccs1)CC2. The van der Waals surface area contributed by atoms with Gasteiger partial charge in [0.1, 0.15) is 0 Å². The molecule has 2 heterocycles. The fraction of sp³-hybridized carbons (Fsp3) is 0.231. The minimum atomic E-state index is 0.909. The molecule has 0 fully saturated rings. The zero-order valence-electron chi connectivity index (χ0n) is 9.02. The molecule has 0 atom stereocenters. The van der Waals surface area contributed by atoms with E-state index in [0.29, 0.717) is 0 Å². The molecule has 2 aromatic rings. The van der Waals surface area contributed by atoms with Crippen molar-refractivity contribution in [3.63, 3.8) is 0 Å². The van der Waals surface area contributed by atoms with Gasteiger partial charge in [-0.05, 0) is 29.5 Å². The molecule has 0 amide bonds. The highest BCUT2D eigenvalue weighted by Crippen LogP contribution is 2.34. The van der Waals surface area contributed by atoms with Crippen LogP contribution in [-0.4, -0.2) is 6.54 Å². The highest BCUT2D eigenvalue weighted by atomic mass is 32.1. The molecule has 1 aromatic heterocycles. The van der Waals surface area contributed by atoms with Crippen LogP contribution in [-0.2, 0) is 13.0 Å². The summed E-state index contributed by atoms with van der Waals surface area (Å²) in [6, 6.07) is 10.5. The Hall–Kier alpha value is -1.48. The van der Waals surface area contributed by atoms with E-state index in [0.717, 1.165) is 25.2 Å². The minimum Gasteiger partial charge on any atom is -0.397 e. The molecule has 0 unspecified atom stereocenters. The number of hydrogen-bond acceptors (Lipinski definition) is 3. The third kappa shape index (κ3) is 1.57. The van der Waals surface area contributed by atoms with E-state index in [-0.39, 0.29) is 0 Å². The molecular formula is C13H14N2S. The van der Waals surface area contributed by atoms with Gasteiger partial charge in [-0.2, -0.15) is 0 Å². The van der Waals surface area contributed by atoms with E-state index in [9.17, 15) is 0 Å². The maximum atomic E-state index is 6.05. The number of fused-ring (bicyclic) bond motifs is 1. The van der Waals surface area contributed by atoms with Crippen molar-refractivity contribution in [1.29, 1.82) is 0 Å². The summed E-state index contributed by atoms with van der Waals surface area (Å²) < 4.78 is 0. The summed E-state index contributed by atoms with van der Waals surface area (Å²) in [7, 11) is 0. The number of thiophene rings is 1. The largest absolute Gasteiger partial charge is 0.397 e. The van der Waals surface area contributed by atoms with E-state index in [1.165, 1.54) is 16.1 Å². The quantitative estimate of drug-likeness (QED) is 0.804. The van der Waals surface area contributed by atoms with Crippen molar-refractivity contribution < 1.29 is 0 Å². The van der Waals surface area contributed by atoms with Crippen molar-refractivity contribution >= 4 is 22.7 Å². The Balaban J connectivity index is 1.91. The molecule has 0 saturated heterocycles. The van der Waals surface area contributed by atoms with Crippen LogP contribution < -0.4 is 10.6 Å². The predicted octanol–water partition coefficient (Wildman–Crippen LogP) is 2.89. The number of para-hydroxylation sites is 1. The van der Waals surface area contributed by atoms with Gasteiger partial charge in [-0.3, -0.25) is 0 Å². The smallest absolute Gasteiger partial charge is 0.0636 e. The lowest BCUT2D eigenvalue weighted by atomic mass is 10.1. The Kier molecular flexibility index (Phi) is 2.33. The van der Waals surface area contributed by atoms with Crippen LogP contribution in [0.1, 0.15) is 10.4 Å². The summed E-state index contributed by atoms with van der Waals surface area (Å²) in [5.41, 5.74) is 9.59. The van der Waals surface area contributed by atoms with Crippen LogP contribution in [0.5, 0.6) is 0 Å². The topological polar surface area (TPSA) is 29.3 Å². The fourth-order valence-electron chi connectivity index (χ4n) is 2.31. The summed E-state index contributed by atoms with van der Waals surface area (Å²) in [4.78, 5) is 3.78. The fourth-order valence-corrected chi connectivity index (χ4v) is 3.03. The second-order valence-corrected chi connectivity index (χ2v) is 5.14. The van der Waals surface area contributed by atoms with Crippen molar-refractivity contribution in [3.8, 4) is 0 Å². The Morgan fingerprint density at radius 1 is 1.25 bits per heavy atom. The first-order valence-corrected chi connectivity index (χ1v) is 6.37. The molecular weight excluding hydrogens is 216 g/mol. The first-order chi connectivity index (χ1) is 7.84. The summed E-state index contributed by atoms with van der Waals surface area (Å²) in [5.74, 6) is 0. The molecule has 1 aliphatic heterocycles. The van der Waals surface area contributed by atoms with E-state index in [4.69, 9.17) is 5.73 Å². The lowest BCUT2D eigenvalue weighted by Crippen LogP contribution is -2.19. The van der Waals surface area contributed by atoms with E-state index in [1.807, 2.05) is 23.5 Å². The molecule has 1 aliphatic rings. The summed E-state index contributed by atoms with van der Waals surface area (Å²) in [6.07, 6.45) is 1.12. The van der Waals surface area contributed by atoms with Gasteiger partial charge in [0.2, 0.25) is 0 Å². The number of benzene rings is 1. The lowest BCUT2D eigenvalue weighted by Gasteiger charge is -2.19. The Morgan fingerprint density at radius 3 is 3.00 bits per heavy atom. The summed E-state index contributed by atoms with van der Waals surface area (Å²) >= 11 is 1.81. The molecule has 16 heavy (non-hydrogen) atoms. The van der Waals surface area contributed by atoms with Gasteiger partial charge >= 0.3 is 0 Å². The summed E-state index contributed by atoms with van der Waals surface area (Å²) in [5, 5.41) is 2.13. The zero-order chi connectivity index (χ0) is 11.0. The molecule has 3 heteroatoms. The zero-order valence-corrected chi connectivity index (χ0v) is 9.83. The van der Waals surface area contributed by atoms with Crippen molar-refractivity contribution in [3.05, 3.63) is 46.2 Å². The second-order valence-electron chi connectivity index (χ2n) is 4.11. The first-order valence-electron chi connectivity index (χ1n) is 5.49. The van der Waals surface area contributed by atoms with Crippen LogP contribution in [0.15, 0.2) is 35.7 Å². The number of rotatable bonds is 2. The molecule has 0 bridgehead atoms. The van der Waals surface area contributed by atoms with Crippen molar-refractivity contribution in [2.24, 2.45) is 0 Å². The summed E-state index contributed by atoms with van der Waals surface area (Å²) in [6.45, 7) is 2.07. The third-order valence-electron chi connectivity index (χ3n) is 3.04. The van der Waals surface area contributed by atoms with Crippen LogP contribution in [0.3, 0.4) is 0 Å². The van der Waals surface area contributed by atoms with E-state index >= 15 is 0 Å². The molecule has 1 aromatic carbocycles. The Labute approximate surface area is 99.3 Å². The number of anilines is 2. The van der Waals surface area contributed by atoms with Crippen molar-refractivity contribution in [1.82, 2.24) is 0 Å². The highest BCUT2D eigenvalue weighted by molar-refractivity contribution is 7.09. The van der Waals surface area contributed by atoms with Crippen LogP contribution in [0.4, 0.5) is 11.4 Å². The number of nitrogens with zero attached hydrogens (tertiary/aromatic N) is 1. The molecule has 0 spiro atoms. The average molecular weight is 230 g/mol. The van der Waals surface area contributed by atoms with E-state index in [2.05, 4.69) is 28.5 Å². The van der Waals surface area contributed by atoms with Crippen LogP contribution in [0, 0.1) is 0 Å².